The van der Waals surface area contributed by atoms with Crippen molar-refractivity contribution in [1.82, 2.24) is 9.62 Å². The number of nitrogens with zero attached hydrogens (tertiary/aromatic N) is 1. The molecule has 9 heteroatoms. The molecule has 0 radical (unpaired) electrons. The van der Waals surface area contributed by atoms with Gasteiger partial charge < -0.3 is 10.0 Å². The van der Waals surface area contributed by atoms with Gasteiger partial charge in [-0.15, -0.1) is 0 Å². The first-order valence-electron chi connectivity index (χ1n) is 10.1. The number of rotatable bonds is 5. The van der Waals surface area contributed by atoms with E-state index in [1.165, 1.54) is 18.2 Å². The number of hydrogen-bond donors (Lipinski definition) is 2. The summed E-state index contributed by atoms with van der Waals surface area (Å²) >= 11 is 0. The van der Waals surface area contributed by atoms with Gasteiger partial charge >= 0.3 is 0 Å². The zero-order chi connectivity index (χ0) is 22.3. The average molecular weight is 451 g/mol. The molecule has 1 aliphatic heterocycles. The zero-order valence-corrected chi connectivity index (χ0v) is 17.8. The van der Waals surface area contributed by atoms with Gasteiger partial charge in [0.15, 0.2) is 0 Å². The van der Waals surface area contributed by atoms with Crippen molar-refractivity contribution in [3.8, 4) is 11.1 Å². The van der Waals surface area contributed by atoms with Crippen LogP contribution in [-0.4, -0.2) is 55.8 Å². The first kappa shape index (κ1) is 21.9. The SMILES string of the molecule is CS(=O)(=O)N[C@@H]1CN(C(=O)[C@@H]2C[C@H]2c2ccccc2-c2c(F)cccc2F)CC[C@H]1O. The van der Waals surface area contributed by atoms with Gasteiger partial charge in [0.2, 0.25) is 15.9 Å². The number of likely N-dealkylation sites (tertiary alicyclic amines) is 1. The Balaban J connectivity index is 1.53. The second-order valence-corrected chi connectivity index (χ2v) is 10.0. The molecule has 2 N–H and O–H groups in total. The van der Waals surface area contributed by atoms with Crippen molar-refractivity contribution in [3.05, 3.63) is 59.7 Å². The largest absolute Gasteiger partial charge is 0.391 e. The topological polar surface area (TPSA) is 86.7 Å². The molecule has 4 rings (SSSR count). The van der Waals surface area contributed by atoms with E-state index >= 15 is 0 Å². The molecule has 0 bridgehead atoms. The van der Waals surface area contributed by atoms with Crippen LogP contribution in [0.3, 0.4) is 0 Å². The van der Waals surface area contributed by atoms with E-state index in [0.717, 1.165) is 6.26 Å². The van der Waals surface area contributed by atoms with Crippen LogP contribution in [0.5, 0.6) is 0 Å². The molecule has 0 unspecified atom stereocenters. The molecule has 1 amide bonds. The van der Waals surface area contributed by atoms with E-state index in [9.17, 15) is 27.1 Å². The third-order valence-electron chi connectivity index (χ3n) is 5.95. The number of halogens is 2. The number of amides is 1. The number of piperidine rings is 1. The molecule has 2 aromatic rings. The van der Waals surface area contributed by atoms with Gasteiger partial charge in [-0.3, -0.25) is 4.79 Å². The maximum atomic E-state index is 14.4. The van der Waals surface area contributed by atoms with Crippen LogP contribution in [0.25, 0.3) is 11.1 Å². The van der Waals surface area contributed by atoms with Gasteiger partial charge in [-0.25, -0.2) is 21.9 Å². The Bertz CT molecular complexity index is 1090. The van der Waals surface area contributed by atoms with Gasteiger partial charge in [-0.05, 0) is 42.0 Å². The highest BCUT2D eigenvalue weighted by atomic mass is 32.2. The number of carbonyl (C=O) groups excluding carboxylic acids is 1. The van der Waals surface area contributed by atoms with Crippen LogP contribution in [-0.2, 0) is 14.8 Å². The lowest BCUT2D eigenvalue weighted by atomic mass is 9.95. The second kappa shape index (κ2) is 8.29. The maximum absolute atomic E-state index is 14.4. The molecule has 2 aliphatic rings. The van der Waals surface area contributed by atoms with E-state index in [2.05, 4.69) is 4.72 Å². The van der Waals surface area contributed by atoms with Gasteiger partial charge in [0.05, 0.1) is 24.0 Å². The van der Waals surface area contributed by atoms with Crippen LogP contribution in [0.15, 0.2) is 42.5 Å². The minimum atomic E-state index is -3.53. The smallest absolute Gasteiger partial charge is 0.226 e. The molecular weight excluding hydrogens is 426 g/mol. The predicted octanol–water partition coefficient (Wildman–Crippen LogP) is 2.25. The van der Waals surface area contributed by atoms with Crippen LogP contribution < -0.4 is 4.72 Å². The molecule has 1 saturated heterocycles. The summed E-state index contributed by atoms with van der Waals surface area (Å²) in [6.45, 7) is 0.411. The summed E-state index contributed by atoms with van der Waals surface area (Å²) in [5, 5.41) is 10.1. The minimum absolute atomic E-state index is 0.0832. The normalized spacial score (nSPS) is 26.0. The average Bonchev–Trinajstić information content (AvgIpc) is 3.49. The number of sulfonamides is 1. The number of hydrogen-bond acceptors (Lipinski definition) is 4. The summed E-state index contributed by atoms with van der Waals surface area (Å²) in [5.74, 6) is -1.96. The van der Waals surface area contributed by atoms with Crippen LogP contribution in [0.2, 0.25) is 0 Å². The van der Waals surface area contributed by atoms with Crippen molar-refractivity contribution < 1.29 is 27.1 Å². The number of nitrogens with one attached hydrogen (secondary N) is 1. The lowest BCUT2D eigenvalue weighted by molar-refractivity contribution is -0.135. The third-order valence-corrected chi connectivity index (χ3v) is 6.68. The number of aliphatic hydroxyl groups excluding tert-OH is 1. The van der Waals surface area contributed by atoms with Gasteiger partial charge in [-0.2, -0.15) is 0 Å². The van der Waals surface area contributed by atoms with E-state index in [-0.39, 0.29) is 36.3 Å². The molecule has 1 aliphatic carbocycles. The first-order valence-corrected chi connectivity index (χ1v) is 12.0. The Morgan fingerprint density at radius 1 is 1.13 bits per heavy atom. The van der Waals surface area contributed by atoms with Crippen molar-refractivity contribution >= 4 is 15.9 Å². The molecule has 6 nitrogen and oxygen atoms in total. The fraction of sp³-hybridized carbons (Fsp3) is 0.409. The molecule has 2 fully saturated rings. The highest BCUT2D eigenvalue weighted by Crippen LogP contribution is 2.51. The van der Waals surface area contributed by atoms with Gasteiger partial charge in [0.25, 0.3) is 0 Å². The van der Waals surface area contributed by atoms with Crippen molar-refractivity contribution in [2.45, 2.75) is 30.9 Å². The standard InChI is InChI=1S/C22H24F2N2O4S/c1-31(29,30)25-19-12-26(10-9-20(19)27)22(28)16-11-15(16)13-5-2-3-6-14(13)21-17(23)7-4-8-18(21)24/h2-8,15-16,19-20,25,27H,9-12H2,1H3/t15-,16+,19+,20+/m0/s1. The molecular formula is C22H24F2N2O4S. The number of aliphatic hydroxyl groups is 1. The van der Waals surface area contributed by atoms with Gasteiger partial charge in [-0.1, -0.05) is 30.3 Å². The zero-order valence-electron chi connectivity index (χ0n) is 17.0. The van der Waals surface area contributed by atoms with Gasteiger partial charge in [0.1, 0.15) is 11.6 Å². The Hall–Kier alpha value is -2.36. The van der Waals surface area contributed by atoms with E-state index in [4.69, 9.17) is 0 Å². The quantitative estimate of drug-likeness (QED) is 0.732. The molecule has 4 atom stereocenters. The first-order chi connectivity index (χ1) is 14.7. The molecule has 1 heterocycles. The Labute approximate surface area is 179 Å². The second-order valence-electron chi connectivity index (χ2n) is 8.27. The highest BCUT2D eigenvalue weighted by Gasteiger charge is 2.48. The van der Waals surface area contributed by atoms with Gasteiger partial charge in [0, 0.05) is 19.0 Å². The monoisotopic (exact) mass is 450 g/mol. The lowest BCUT2D eigenvalue weighted by Crippen LogP contribution is -2.56. The lowest BCUT2D eigenvalue weighted by Gasteiger charge is -2.36. The summed E-state index contributed by atoms with van der Waals surface area (Å²) in [7, 11) is -3.53. The van der Waals surface area contributed by atoms with E-state index in [0.29, 0.717) is 24.1 Å². The Morgan fingerprint density at radius 2 is 1.81 bits per heavy atom. The molecule has 0 spiro atoms. The van der Waals surface area contributed by atoms with E-state index in [1.54, 1.807) is 29.2 Å². The van der Waals surface area contributed by atoms with Crippen molar-refractivity contribution in [1.29, 1.82) is 0 Å². The minimum Gasteiger partial charge on any atom is -0.391 e. The summed E-state index contributed by atoms with van der Waals surface area (Å²) in [6.07, 6.45) is 0.970. The summed E-state index contributed by atoms with van der Waals surface area (Å²) in [4.78, 5) is 14.6. The fourth-order valence-electron chi connectivity index (χ4n) is 4.38. The van der Waals surface area contributed by atoms with Crippen molar-refractivity contribution in [3.63, 3.8) is 0 Å². The molecule has 31 heavy (non-hydrogen) atoms. The van der Waals surface area contributed by atoms with Crippen LogP contribution in [0.4, 0.5) is 8.78 Å². The maximum Gasteiger partial charge on any atom is 0.226 e. The van der Waals surface area contributed by atoms with Crippen molar-refractivity contribution in [2.75, 3.05) is 19.3 Å². The summed E-state index contributed by atoms with van der Waals surface area (Å²) < 4.78 is 54.2. The summed E-state index contributed by atoms with van der Waals surface area (Å²) in [6, 6.07) is 9.89. The molecule has 166 valence electrons. The van der Waals surface area contributed by atoms with E-state index in [1.807, 2.05) is 0 Å². The third kappa shape index (κ3) is 4.63. The summed E-state index contributed by atoms with van der Waals surface area (Å²) in [5.41, 5.74) is 1.05. The molecule has 0 aromatic heterocycles. The highest BCUT2D eigenvalue weighted by molar-refractivity contribution is 7.88. The van der Waals surface area contributed by atoms with Crippen molar-refractivity contribution in [2.24, 2.45) is 5.92 Å². The fourth-order valence-corrected chi connectivity index (χ4v) is 5.16. The van der Waals surface area contributed by atoms with E-state index < -0.39 is 33.8 Å². The van der Waals surface area contributed by atoms with Crippen LogP contribution >= 0.6 is 0 Å². The van der Waals surface area contributed by atoms with Crippen LogP contribution in [0.1, 0.15) is 24.3 Å². The Kier molecular flexibility index (Phi) is 5.85. The van der Waals surface area contributed by atoms with Crippen LogP contribution in [0, 0.1) is 17.6 Å². The molecule has 1 saturated carbocycles. The molecule has 2 aromatic carbocycles. The number of carbonyl (C=O) groups is 1. The number of benzene rings is 2. The Morgan fingerprint density at radius 3 is 2.48 bits per heavy atom. The predicted molar refractivity (Wildman–Crippen MR) is 112 cm³/mol.